The lowest BCUT2D eigenvalue weighted by Crippen LogP contribution is -2.90. The molecule has 0 saturated heterocycles. The molecule has 6 bridgehead atoms. The second kappa shape index (κ2) is 12.1. The Morgan fingerprint density at radius 3 is 1.31 bits per heavy atom. The molecule has 3 aromatic rings. The first-order valence-electron chi connectivity index (χ1n) is 22.7. The predicted octanol–water partition coefficient (Wildman–Crippen LogP) is 7.05. The van der Waals surface area contributed by atoms with E-state index in [0.717, 1.165) is 41.5 Å². The third kappa shape index (κ3) is 3.52. The van der Waals surface area contributed by atoms with Crippen molar-refractivity contribution in [3.8, 4) is 11.5 Å². The summed E-state index contributed by atoms with van der Waals surface area (Å²) in [5.74, 6) is 5.87. The number of ether oxygens (including phenoxy) is 8. The number of carbonyl (C=O) groups excluding carboxylic acids is 2. The molecule has 3 aromatic carbocycles. The minimum Gasteiger partial charge on any atom is -0.496 e. The molecule has 10 nitrogen and oxygen atoms in total. The van der Waals surface area contributed by atoms with E-state index in [-0.39, 0.29) is 57.3 Å². The van der Waals surface area contributed by atoms with Gasteiger partial charge in [0.25, 0.3) is 0 Å². The Balaban J connectivity index is 0.989. The summed E-state index contributed by atoms with van der Waals surface area (Å²) in [5.41, 5.74) is 3.48. The van der Waals surface area contributed by atoms with E-state index >= 15 is 0 Å². The van der Waals surface area contributed by atoms with Crippen LogP contribution < -0.4 is 9.47 Å². The number of rotatable bonds is 12. The predicted molar refractivity (Wildman–Crippen MR) is 224 cm³/mol. The summed E-state index contributed by atoms with van der Waals surface area (Å²) in [6, 6.07) is 13.2. The van der Waals surface area contributed by atoms with Gasteiger partial charge in [-0.1, -0.05) is 24.3 Å². The van der Waals surface area contributed by atoms with E-state index in [1.165, 1.54) is 36.1 Å². The maximum atomic E-state index is 13.5. The van der Waals surface area contributed by atoms with Gasteiger partial charge in [0, 0.05) is 83.8 Å². The van der Waals surface area contributed by atoms with Crippen LogP contribution in [0, 0.1) is 92.7 Å². The fraction of sp³-hybridized carbons (Fsp3) is 0.647. The van der Waals surface area contributed by atoms with E-state index in [2.05, 4.69) is 36.4 Å². The van der Waals surface area contributed by atoms with Gasteiger partial charge in [-0.15, -0.1) is 0 Å². The molecule has 0 aromatic heterocycles. The van der Waals surface area contributed by atoms with Crippen LogP contribution in [0.15, 0.2) is 47.5 Å². The first-order chi connectivity index (χ1) is 29.7. The highest BCUT2D eigenvalue weighted by Crippen LogP contribution is 3.01. The lowest BCUT2D eigenvalue weighted by molar-refractivity contribution is -0.454. The molecule has 0 amide bonds. The number of esters is 2. The van der Waals surface area contributed by atoms with Gasteiger partial charge in [0.05, 0.1) is 66.0 Å². The highest BCUT2D eigenvalue weighted by atomic mass is 16.5. The van der Waals surface area contributed by atoms with Crippen LogP contribution in [0.25, 0.3) is 21.5 Å². The number of hydrogen-bond acceptors (Lipinski definition) is 10. The van der Waals surface area contributed by atoms with Gasteiger partial charge in [-0.2, -0.15) is 0 Å². The van der Waals surface area contributed by atoms with Gasteiger partial charge in [-0.25, -0.2) is 9.59 Å². The smallest absolute Gasteiger partial charge is 0.334 e. The molecule has 13 rings (SSSR count). The normalized spacial score (nSPS) is 46.0. The van der Waals surface area contributed by atoms with Crippen LogP contribution in [0.2, 0.25) is 0 Å². The third-order valence-electron chi connectivity index (χ3n) is 20.9. The average Bonchev–Trinajstić information content (AvgIpc) is 4.08. The lowest BCUT2D eigenvalue weighted by atomic mass is 9.14. The first-order valence-corrected chi connectivity index (χ1v) is 22.7. The number of methoxy groups -OCH3 is 8. The van der Waals surface area contributed by atoms with Gasteiger partial charge in [0.1, 0.15) is 11.5 Å². The molecule has 0 heterocycles. The molecule has 0 spiro atoms. The van der Waals surface area contributed by atoms with Crippen molar-refractivity contribution in [3.63, 3.8) is 0 Å². The van der Waals surface area contributed by atoms with Crippen molar-refractivity contribution in [1.29, 1.82) is 0 Å². The second-order valence-electron chi connectivity index (χ2n) is 21.0. The Bertz CT molecular complexity index is 2350. The van der Waals surface area contributed by atoms with Crippen molar-refractivity contribution in [2.75, 3.05) is 83.3 Å². The van der Waals surface area contributed by atoms with Crippen LogP contribution >= 0.6 is 0 Å². The van der Waals surface area contributed by atoms with Crippen LogP contribution in [-0.2, 0) is 38.0 Å². The van der Waals surface area contributed by atoms with Crippen LogP contribution in [0.3, 0.4) is 0 Å². The molecule has 10 aliphatic carbocycles. The fourth-order valence-corrected chi connectivity index (χ4v) is 20.9. The van der Waals surface area contributed by atoms with Crippen molar-refractivity contribution < 1.29 is 47.5 Å². The highest BCUT2D eigenvalue weighted by Gasteiger charge is 3.00. The molecular formula is C51H58O10. The van der Waals surface area contributed by atoms with Gasteiger partial charge < -0.3 is 37.9 Å². The zero-order chi connectivity index (χ0) is 41.9. The summed E-state index contributed by atoms with van der Waals surface area (Å²) in [5, 5.41) is 4.65. The summed E-state index contributed by atoms with van der Waals surface area (Å²) < 4.78 is 49.9. The van der Waals surface area contributed by atoms with Crippen LogP contribution in [0.4, 0.5) is 0 Å². The Hall–Kier alpha value is -3.70. The SMILES string of the molecule is COC[C@@]12C3C([C@@H]4C[C@H]3C3C(C(=O)OC)=C(C(=O)OC)C34)[C@]1(COC)C1C2[C@@H]2C[C@H]1[C@]1(COC)C3C([C@@H]4C[C@H]3c3c4c(OC)c4cc5ccccc5cc4c3OC)[C@]21COC. The van der Waals surface area contributed by atoms with Gasteiger partial charge in [0.15, 0.2) is 0 Å². The first kappa shape index (κ1) is 37.8. The van der Waals surface area contributed by atoms with Crippen molar-refractivity contribution in [1.82, 2.24) is 0 Å². The lowest BCUT2D eigenvalue weighted by Gasteiger charge is -2.90. The Kier molecular flexibility index (Phi) is 7.50. The third-order valence-corrected chi connectivity index (χ3v) is 20.9. The zero-order valence-corrected chi connectivity index (χ0v) is 36.6. The Morgan fingerprint density at radius 2 is 0.934 bits per heavy atom. The highest BCUT2D eigenvalue weighted by molar-refractivity contribution is 6.06. The standard InChI is InChI=1S/C51H58O10/c1-54-18-48-30-17-31(43-42(30)50(20-56-3)40-26-15-27(41(40)51(43,50)21-57-4)33-32(26)36(46(52)60-7)37(33)47(53)61-8)49(48,19-55-2)39-29-16-28(38(39)48)34-35(29)45(59-6)25-14-23-12-10-9-11-22(23)13-24(25)44(34)58-5/h9-14,26-33,38-43H,15-21H2,1-8H3/t26-,27+,28+,29-,30-,31+,32?,33?,38?,39?,40?,41?,42?,43?,48-,49+,50-,51+. The molecule has 0 radical (unpaired) electrons. The number of benzene rings is 3. The fourth-order valence-electron chi connectivity index (χ4n) is 20.9. The van der Waals surface area contributed by atoms with Crippen LogP contribution in [-0.4, -0.2) is 95.2 Å². The number of hydrogen-bond donors (Lipinski definition) is 0. The summed E-state index contributed by atoms with van der Waals surface area (Å²) in [6.45, 7) is 2.78. The van der Waals surface area contributed by atoms with E-state index < -0.39 is 0 Å². The molecule has 61 heavy (non-hydrogen) atoms. The van der Waals surface area contributed by atoms with E-state index in [1.807, 2.05) is 42.7 Å². The maximum Gasteiger partial charge on any atom is 0.334 e. The summed E-state index contributed by atoms with van der Waals surface area (Å²) in [4.78, 5) is 26.9. The molecule has 8 unspecified atom stereocenters. The molecule has 0 aliphatic heterocycles. The quantitative estimate of drug-likeness (QED) is 0.0816. The van der Waals surface area contributed by atoms with Crippen LogP contribution in [0.5, 0.6) is 11.5 Å². The van der Waals surface area contributed by atoms with Crippen molar-refractivity contribution in [2.45, 2.75) is 31.1 Å². The molecular weight excluding hydrogens is 773 g/mol. The topological polar surface area (TPSA) is 108 Å². The second-order valence-corrected chi connectivity index (χ2v) is 21.0. The molecule has 18 atom stereocenters. The molecule has 8 fully saturated rings. The number of carbonyl (C=O) groups is 2. The molecule has 322 valence electrons. The largest absolute Gasteiger partial charge is 0.496 e. The van der Waals surface area contributed by atoms with Crippen molar-refractivity contribution in [2.24, 2.45) is 92.7 Å². The molecule has 10 heteroatoms. The summed E-state index contributed by atoms with van der Waals surface area (Å²) in [7, 11) is 14.2. The monoisotopic (exact) mass is 830 g/mol. The average molecular weight is 831 g/mol. The van der Waals surface area contributed by atoms with E-state index in [9.17, 15) is 9.59 Å². The van der Waals surface area contributed by atoms with Gasteiger partial charge in [0.2, 0.25) is 0 Å². The van der Waals surface area contributed by atoms with Crippen molar-refractivity contribution in [3.05, 3.63) is 58.7 Å². The van der Waals surface area contributed by atoms with Gasteiger partial charge in [-0.05, 0) is 113 Å². The summed E-state index contributed by atoms with van der Waals surface area (Å²) in [6.07, 6.45) is 3.25. The summed E-state index contributed by atoms with van der Waals surface area (Å²) >= 11 is 0. The van der Waals surface area contributed by atoms with Gasteiger partial charge >= 0.3 is 11.9 Å². The van der Waals surface area contributed by atoms with Crippen molar-refractivity contribution >= 4 is 33.5 Å². The van der Waals surface area contributed by atoms with Gasteiger partial charge in [-0.3, -0.25) is 0 Å². The zero-order valence-electron chi connectivity index (χ0n) is 36.6. The molecule has 8 saturated carbocycles. The Morgan fingerprint density at radius 1 is 0.525 bits per heavy atom. The maximum absolute atomic E-state index is 13.5. The molecule has 0 N–H and O–H groups in total. The minimum absolute atomic E-state index is 0.0183. The van der Waals surface area contributed by atoms with Crippen LogP contribution in [0.1, 0.15) is 42.2 Å². The van der Waals surface area contributed by atoms with E-state index in [4.69, 9.17) is 37.9 Å². The molecule has 10 aliphatic rings. The Labute approximate surface area is 357 Å². The number of fused-ring (bicyclic) bond motifs is 33. The van der Waals surface area contributed by atoms with E-state index in [0.29, 0.717) is 96.8 Å². The van der Waals surface area contributed by atoms with E-state index in [1.54, 1.807) is 0 Å². The minimum atomic E-state index is -0.381.